The highest BCUT2D eigenvalue weighted by Gasteiger charge is 2.23. The van der Waals surface area contributed by atoms with E-state index in [2.05, 4.69) is 10.6 Å². The molecule has 0 aromatic heterocycles. The van der Waals surface area contributed by atoms with E-state index in [0.29, 0.717) is 6.42 Å². The first-order valence-corrected chi connectivity index (χ1v) is 9.44. The Bertz CT molecular complexity index is 834. The van der Waals surface area contributed by atoms with Gasteiger partial charge in [-0.2, -0.15) is 0 Å². The molecular weight excluding hydrogens is 368 g/mol. The van der Waals surface area contributed by atoms with E-state index < -0.39 is 12.1 Å². The van der Waals surface area contributed by atoms with E-state index in [-0.39, 0.29) is 24.3 Å². The van der Waals surface area contributed by atoms with Crippen molar-refractivity contribution >= 4 is 17.8 Å². The predicted molar refractivity (Wildman–Crippen MR) is 111 cm³/mol. The number of allylic oxidation sites excluding steroid dienone is 1. The Morgan fingerprint density at radius 2 is 1.52 bits per heavy atom. The number of hydrogen-bond donors (Lipinski definition) is 2. The molecule has 2 atom stereocenters. The van der Waals surface area contributed by atoms with E-state index in [4.69, 9.17) is 4.74 Å². The Kier molecular flexibility index (Phi) is 8.63. The maximum atomic E-state index is 12.7. The summed E-state index contributed by atoms with van der Waals surface area (Å²) < 4.78 is 5.24. The smallest absolute Gasteiger partial charge is 0.408 e. The van der Waals surface area contributed by atoms with Crippen LogP contribution in [0.1, 0.15) is 25.0 Å². The minimum atomic E-state index is -0.811. The Balaban J connectivity index is 2.00. The van der Waals surface area contributed by atoms with E-state index in [1.807, 2.05) is 60.7 Å². The lowest BCUT2D eigenvalue weighted by Gasteiger charge is -2.20. The Hall–Kier alpha value is -3.41. The van der Waals surface area contributed by atoms with Crippen molar-refractivity contribution < 1.29 is 19.1 Å². The number of hydrogen-bond acceptors (Lipinski definition) is 4. The van der Waals surface area contributed by atoms with E-state index in [1.165, 1.54) is 13.0 Å². The molecule has 152 valence electrons. The number of ether oxygens (including phenoxy) is 1. The summed E-state index contributed by atoms with van der Waals surface area (Å²) in [5, 5.41) is 5.43. The number of alkyl carbamates (subject to hydrolysis) is 1. The summed E-state index contributed by atoms with van der Waals surface area (Å²) in [6, 6.07) is 17.5. The van der Waals surface area contributed by atoms with E-state index >= 15 is 0 Å². The van der Waals surface area contributed by atoms with Crippen LogP contribution in [0.4, 0.5) is 4.79 Å². The lowest BCUT2D eigenvalue weighted by atomic mass is 10.1. The molecule has 2 aromatic carbocycles. The lowest BCUT2D eigenvalue weighted by molar-refractivity contribution is -0.123. The van der Waals surface area contributed by atoms with Crippen LogP contribution >= 0.6 is 0 Å². The van der Waals surface area contributed by atoms with Crippen molar-refractivity contribution in [2.24, 2.45) is 0 Å². The Morgan fingerprint density at radius 1 is 0.931 bits per heavy atom. The first-order chi connectivity index (χ1) is 13.9. The van der Waals surface area contributed by atoms with Crippen LogP contribution in [-0.2, 0) is 27.4 Å². The largest absolute Gasteiger partial charge is 0.445 e. The number of carbonyl (C=O) groups excluding carboxylic acids is 3. The van der Waals surface area contributed by atoms with Crippen LogP contribution in [0.3, 0.4) is 0 Å². The zero-order valence-corrected chi connectivity index (χ0v) is 16.6. The normalized spacial score (nSPS) is 12.8. The summed E-state index contributed by atoms with van der Waals surface area (Å²) in [4.78, 5) is 36.0. The van der Waals surface area contributed by atoms with Gasteiger partial charge < -0.3 is 15.4 Å². The van der Waals surface area contributed by atoms with Gasteiger partial charge in [-0.25, -0.2) is 4.79 Å². The highest BCUT2D eigenvalue weighted by molar-refractivity contribution is 5.88. The van der Waals surface area contributed by atoms with Gasteiger partial charge in [-0.15, -0.1) is 0 Å². The molecule has 0 bridgehead atoms. The van der Waals surface area contributed by atoms with Gasteiger partial charge in [-0.05, 0) is 31.1 Å². The molecule has 0 aliphatic rings. The molecule has 0 aliphatic carbocycles. The highest BCUT2D eigenvalue weighted by atomic mass is 16.5. The van der Waals surface area contributed by atoms with Crippen molar-refractivity contribution in [3.05, 3.63) is 83.9 Å². The summed E-state index contributed by atoms with van der Waals surface area (Å²) >= 11 is 0. The quantitative estimate of drug-likeness (QED) is 0.640. The molecule has 0 aliphatic heterocycles. The first-order valence-electron chi connectivity index (χ1n) is 9.44. The molecule has 6 nitrogen and oxygen atoms in total. The van der Waals surface area contributed by atoms with Gasteiger partial charge in [0.25, 0.3) is 0 Å². The van der Waals surface area contributed by atoms with E-state index in [0.717, 1.165) is 11.1 Å². The van der Waals surface area contributed by atoms with Gasteiger partial charge in [0.15, 0.2) is 5.78 Å². The van der Waals surface area contributed by atoms with Crippen molar-refractivity contribution in [2.45, 2.75) is 39.0 Å². The molecule has 6 heteroatoms. The average Bonchev–Trinajstić information content (AvgIpc) is 2.72. The molecule has 0 unspecified atom stereocenters. The van der Waals surface area contributed by atoms with Gasteiger partial charge in [0.1, 0.15) is 12.6 Å². The number of carbonyl (C=O) groups is 3. The molecule has 2 rings (SSSR count). The Labute approximate surface area is 171 Å². The van der Waals surface area contributed by atoms with Crippen LogP contribution in [0.25, 0.3) is 0 Å². The maximum Gasteiger partial charge on any atom is 0.408 e. The molecule has 2 amide bonds. The van der Waals surface area contributed by atoms with Crippen molar-refractivity contribution in [2.75, 3.05) is 0 Å². The maximum absolute atomic E-state index is 12.7. The van der Waals surface area contributed by atoms with Crippen LogP contribution < -0.4 is 10.6 Å². The minimum Gasteiger partial charge on any atom is -0.445 e. The summed E-state index contributed by atoms with van der Waals surface area (Å²) in [7, 11) is 0. The summed E-state index contributed by atoms with van der Waals surface area (Å²) in [6.07, 6.45) is 2.65. The molecular formula is C23H26N2O4. The highest BCUT2D eigenvalue weighted by Crippen LogP contribution is 2.06. The zero-order valence-electron chi connectivity index (χ0n) is 16.6. The molecule has 0 saturated carbocycles. The summed E-state index contributed by atoms with van der Waals surface area (Å²) in [5.74, 6) is -0.458. The van der Waals surface area contributed by atoms with Crippen LogP contribution in [0.5, 0.6) is 0 Å². The number of benzene rings is 2. The van der Waals surface area contributed by atoms with Gasteiger partial charge in [0.05, 0.1) is 0 Å². The van der Waals surface area contributed by atoms with Crippen LogP contribution in [-0.4, -0.2) is 29.9 Å². The summed E-state index contributed by atoms with van der Waals surface area (Å²) in [6.45, 7) is 3.31. The van der Waals surface area contributed by atoms with Crippen molar-refractivity contribution in [3.8, 4) is 0 Å². The Morgan fingerprint density at radius 3 is 2.10 bits per heavy atom. The molecule has 0 fully saturated rings. The second kappa shape index (κ2) is 11.4. The van der Waals surface area contributed by atoms with Gasteiger partial charge in [0.2, 0.25) is 5.91 Å². The predicted octanol–water partition coefficient (Wildman–Crippen LogP) is 3.17. The SMILES string of the molecule is CC(=O)/C=C/[C@H](C)NC(=O)[C@H](Cc1ccccc1)NC(=O)OCc1ccccc1. The fourth-order valence-electron chi connectivity index (χ4n) is 2.62. The van der Waals surface area contributed by atoms with Crippen molar-refractivity contribution in [1.29, 1.82) is 0 Å². The monoisotopic (exact) mass is 394 g/mol. The third kappa shape index (κ3) is 8.43. The third-order valence-corrected chi connectivity index (χ3v) is 4.09. The van der Waals surface area contributed by atoms with Crippen LogP contribution in [0, 0.1) is 0 Å². The third-order valence-electron chi connectivity index (χ3n) is 4.09. The van der Waals surface area contributed by atoms with Crippen molar-refractivity contribution in [3.63, 3.8) is 0 Å². The van der Waals surface area contributed by atoms with E-state index in [1.54, 1.807) is 13.0 Å². The van der Waals surface area contributed by atoms with E-state index in [9.17, 15) is 14.4 Å². The lowest BCUT2D eigenvalue weighted by Crippen LogP contribution is -2.50. The number of rotatable bonds is 9. The van der Waals surface area contributed by atoms with Crippen molar-refractivity contribution in [1.82, 2.24) is 10.6 Å². The van der Waals surface area contributed by atoms with Gasteiger partial charge in [0, 0.05) is 12.5 Å². The molecule has 2 aromatic rings. The molecule has 0 heterocycles. The second-order valence-electron chi connectivity index (χ2n) is 6.72. The second-order valence-corrected chi connectivity index (χ2v) is 6.72. The molecule has 29 heavy (non-hydrogen) atoms. The standard InChI is InChI=1S/C23H26N2O4/c1-17(13-14-18(2)26)24-22(27)21(15-19-9-5-3-6-10-19)25-23(28)29-16-20-11-7-4-8-12-20/h3-14,17,21H,15-16H2,1-2H3,(H,24,27)(H,25,28)/b14-13+/t17-,21-/m0/s1. The number of amides is 2. The zero-order chi connectivity index (χ0) is 21.1. The molecule has 0 spiro atoms. The summed E-state index contributed by atoms with van der Waals surface area (Å²) in [5.41, 5.74) is 1.76. The minimum absolute atomic E-state index is 0.102. The first kappa shape index (κ1) is 21.9. The number of nitrogens with one attached hydrogen (secondary N) is 2. The van der Waals surface area contributed by atoms with Crippen LogP contribution in [0.2, 0.25) is 0 Å². The fraction of sp³-hybridized carbons (Fsp3) is 0.261. The number of ketones is 1. The fourth-order valence-corrected chi connectivity index (χ4v) is 2.62. The average molecular weight is 394 g/mol. The van der Waals surface area contributed by atoms with Crippen LogP contribution in [0.15, 0.2) is 72.8 Å². The molecule has 0 saturated heterocycles. The van der Waals surface area contributed by atoms with Gasteiger partial charge in [-0.1, -0.05) is 66.7 Å². The van der Waals surface area contributed by atoms with Gasteiger partial charge in [-0.3, -0.25) is 9.59 Å². The topological polar surface area (TPSA) is 84.5 Å². The molecule has 2 N–H and O–H groups in total. The van der Waals surface area contributed by atoms with Gasteiger partial charge >= 0.3 is 6.09 Å². The molecule has 0 radical (unpaired) electrons.